The van der Waals surface area contributed by atoms with E-state index in [1.165, 1.54) is 57.8 Å². The second-order valence-electron chi connectivity index (χ2n) is 4.99. The standard InChI is InChI=1S/C13H28O.C2H4O2/c1-3-4-5-6-7-8-9-10-11-12-13(2)14;1-2(3)4/h13-14H,3-12H2,1-2H3;1H3,(H,3,4)/t13-;/m0./s1. The summed E-state index contributed by atoms with van der Waals surface area (Å²) in [6, 6.07) is 0. The lowest BCUT2D eigenvalue weighted by atomic mass is 10.1. The van der Waals surface area contributed by atoms with Crippen molar-refractivity contribution >= 4 is 5.97 Å². The van der Waals surface area contributed by atoms with E-state index in [4.69, 9.17) is 15.0 Å². The molecule has 110 valence electrons. The van der Waals surface area contributed by atoms with Crippen LogP contribution in [0.15, 0.2) is 0 Å². The monoisotopic (exact) mass is 260 g/mol. The maximum atomic E-state index is 9.05. The van der Waals surface area contributed by atoms with Crippen LogP contribution in [-0.2, 0) is 4.79 Å². The molecule has 0 aliphatic heterocycles. The van der Waals surface area contributed by atoms with Crippen molar-refractivity contribution in [2.24, 2.45) is 0 Å². The lowest BCUT2D eigenvalue weighted by molar-refractivity contribution is -0.134. The van der Waals surface area contributed by atoms with E-state index < -0.39 is 5.97 Å². The van der Waals surface area contributed by atoms with E-state index >= 15 is 0 Å². The number of aliphatic hydroxyl groups excluding tert-OH is 1. The van der Waals surface area contributed by atoms with E-state index in [1.54, 1.807) is 0 Å². The average Bonchev–Trinajstić information content (AvgIpc) is 2.26. The Bertz CT molecular complexity index is 163. The number of carboxylic acids is 1. The molecule has 0 heterocycles. The van der Waals surface area contributed by atoms with Gasteiger partial charge in [-0.3, -0.25) is 4.79 Å². The summed E-state index contributed by atoms with van der Waals surface area (Å²) in [5, 5.41) is 16.5. The number of carbonyl (C=O) groups is 1. The highest BCUT2D eigenvalue weighted by molar-refractivity contribution is 5.62. The minimum atomic E-state index is -0.833. The first-order chi connectivity index (χ1) is 8.50. The number of hydrogen-bond acceptors (Lipinski definition) is 2. The molecule has 0 amide bonds. The molecule has 1 atom stereocenters. The smallest absolute Gasteiger partial charge is 0.300 e. The Balaban J connectivity index is 0. The molecule has 18 heavy (non-hydrogen) atoms. The second kappa shape index (κ2) is 16.4. The Morgan fingerprint density at radius 3 is 1.61 bits per heavy atom. The van der Waals surface area contributed by atoms with Gasteiger partial charge in [0.15, 0.2) is 0 Å². The molecule has 3 heteroatoms. The molecular formula is C15H32O3. The quantitative estimate of drug-likeness (QED) is 0.573. The Labute approximate surface area is 113 Å². The van der Waals surface area contributed by atoms with Crippen LogP contribution in [0, 0.1) is 0 Å². The molecule has 0 saturated carbocycles. The summed E-state index contributed by atoms with van der Waals surface area (Å²) >= 11 is 0. The van der Waals surface area contributed by atoms with Crippen molar-refractivity contribution in [2.45, 2.75) is 91.1 Å². The minimum Gasteiger partial charge on any atom is -0.481 e. The summed E-state index contributed by atoms with van der Waals surface area (Å²) in [6.45, 7) is 5.22. The molecule has 0 aromatic rings. The van der Waals surface area contributed by atoms with Crippen LogP contribution in [0.1, 0.15) is 85.0 Å². The van der Waals surface area contributed by atoms with Gasteiger partial charge in [0.1, 0.15) is 0 Å². The first kappa shape index (κ1) is 19.8. The molecule has 0 aliphatic carbocycles. The van der Waals surface area contributed by atoms with Crippen molar-refractivity contribution in [3.63, 3.8) is 0 Å². The van der Waals surface area contributed by atoms with Crippen LogP contribution in [0.2, 0.25) is 0 Å². The van der Waals surface area contributed by atoms with Gasteiger partial charge in [-0.25, -0.2) is 0 Å². The van der Waals surface area contributed by atoms with Crippen molar-refractivity contribution in [3.8, 4) is 0 Å². The zero-order chi connectivity index (χ0) is 14.2. The van der Waals surface area contributed by atoms with Gasteiger partial charge in [0.2, 0.25) is 0 Å². The number of aliphatic carboxylic acids is 1. The normalized spacial score (nSPS) is 11.6. The predicted molar refractivity (Wildman–Crippen MR) is 76.8 cm³/mol. The van der Waals surface area contributed by atoms with E-state index in [0.717, 1.165) is 13.3 Å². The van der Waals surface area contributed by atoms with Gasteiger partial charge >= 0.3 is 0 Å². The molecule has 3 nitrogen and oxygen atoms in total. The zero-order valence-electron chi connectivity index (χ0n) is 12.5. The number of aliphatic hydroxyl groups is 1. The third-order valence-electron chi connectivity index (χ3n) is 2.73. The largest absolute Gasteiger partial charge is 0.481 e. The van der Waals surface area contributed by atoms with Crippen molar-refractivity contribution in [1.82, 2.24) is 0 Å². The van der Waals surface area contributed by atoms with E-state index in [9.17, 15) is 0 Å². The molecule has 0 aliphatic rings. The van der Waals surface area contributed by atoms with Crippen molar-refractivity contribution in [2.75, 3.05) is 0 Å². The molecule has 0 radical (unpaired) electrons. The number of hydrogen-bond donors (Lipinski definition) is 2. The van der Waals surface area contributed by atoms with Crippen LogP contribution in [0.4, 0.5) is 0 Å². The lowest BCUT2D eigenvalue weighted by Gasteiger charge is -2.03. The molecule has 0 spiro atoms. The highest BCUT2D eigenvalue weighted by atomic mass is 16.4. The van der Waals surface area contributed by atoms with Crippen LogP contribution in [0.5, 0.6) is 0 Å². The van der Waals surface area contributed by atoms with Gasteiger partial charge in [-0.2, -0.15) is 0 Å². The molecular weight excluding hydrogens is 228 g/mol. The van der Waals surface area contributed by atoms with Gasteiger partial charge in [-0.15, -0.1) is 0 Å². The molecule has 0 unspecified atom stereocenters. The zero-order valence-corrected chi connectivity index (χ0v) is 12.5. The van der Waals surface area contributed by atoms with Gasteiger partial charge < -0.3 is 10.2 Å². The number of carboxylic acid groups (broad SMARTS) is 1. The molecule has 2 N–H and O–H groups in total. The molecule has 0 bridgehead atoms. The maximum Gasteiger partial charge on any atom is 0.300 e. The molecule has 0 saturated heterocycles. The van der Waals surface area contributed by atoms with E-state index in [2.05, 4.69) is 6.92 Å². The summed E-state index contributed by atoms with van der Waals surface area (Å²) < 4.78 is 0. The summed E-state index contributed by atoms with van der Waals surface area (Å²) in [7, 11) is 0. The highest BCUT2D eigenvalue weighted by Crippen LogP contribution is 2.10. The van der Waals surface area contributed by atoms with Crippen molar-refractivity contribution < 1.29 is 15.0 Å². The number of rotatable bonds is 10. The Morgan fingerprint density at radius 1 is 0.944 bits per heavy atom. The van der Waals surface area contributed by atoms with Crippen LogP contribution in [0.3, 0.4) is 0 Å². The minimum absolute atomic E-state index is 0.0976. The van der Waals surface area contributed by atoms with Crippen LogP contribution in [0.25, 0.3) is 0 Å². The highest BCUT2D eigenvalue weighted by Gasteiger charge is 1.95. The lowest BCUT2D eigenvalue weighted by Crippen LogP contribution is -1.98. The van der Waals surface area contributed by atoms with E-state index in [1.807, 2.05) is 6.92 Å². The number of unbranched alkanes of at least 4 members (excludes halogenated alkanes) is 8. The fraction of sp³-hybridized carbons (Fsp3) is 0.933. The summed E-state index contributed by atoms with van der Waals surface area (Å²) in [5.74, 6) is -0.833. The topological polar surface area (TPSA) is 57.5 Å². The fourth-order valence-corrected chi connectivity index (χ4v) is 1.75. The van der Waals surface area contributed by atoms with Gasteiger partial charge in [-0.1, -0.05) is 64.7 Å². The summed E-state index contributed by atoms with van der Waals surface area (Å²) in [6.07, 6.45) is 13.1. The third-order valence-corrected chi connectivity index (χ3v) is 2.73. The first-order valence-electron chi connectivity index (χ1n) is 7.38. The predicted octanol–water partition coefficient (Wildman–Crippen LogP) is 4.38. The Hall–Kier alpha value is -0.570. The van der Waals surface area contributed by atoms with Crippen LogP contribution >= 0.6 is 0 Å². The van der Waals surface area contributed by atoms with Gasteiger partial charge in [-0.05, 0) is 13.3 Å². The van der Waals surface area contributed by atoms with Crippen molar-refractivity contribution in [3.05, 3.63) is 0 Å². The second-order valence-corrected chi connectivity index (χ2v) is 4.99. The van der Waals surface area contributed by atoms with Gasteiger partial charge in [0.05, 0.1) is 6.10 Å². The molecule has 0 rings (SSSR count). The maximum absolute atomic E-state index is 9.05. The van der Waals surface area contributed by atoms with E-state index in [0.29, 0.717) is 0 Å². The van der Waals surface area contributed by atoms with Gasteiger partial charge in [0, 0.05) is 6.92 Å². The van der Waals surface area contributed by atoms with Gasteiger partial charge in [0.25, 0.3) is 5.97 Å². The SMILES string of the molecule is CC(=O)O.CCCCCCCCCCC[C@H](C)O. The summed E-state index contributed by atoms with van der Waals surface area (Å²) in [5.41, 5.74) is 0. The van der Waals surface area contributed by atoms with Crippen LogP contribution < -0.4 is 0 Å². The molecule has 0 fully saturated rings. The third kappa shape index (κ3) is 29.5. The van der Waals surface area contributed by atoms with Crippen molar-refractivity contribution in [1.29, 1.82) is 0 Å². The molecule has 0 aromatic carbocycles. The Morgan fingerprint density at radius 2 is 1.28 bits per heavy atom. The molecule has 0 aromatic heterocycles. The Kier molecular flexibility index (Phi) is 18.0. The van der Waals surface area contributed by atoms with Crippen LogP contribution in [-0.4, -0.2) is 22.3 Å². The first-order valence-corrected chi connectivity index (χ1v) is 7.38. The summed E-state index contributed by atoms with van der Waals surface area (Å²) in [4.78, 5) is 9.00. The van der Waals surface area contributed by atoms with E-state index in [-0.39, 0.29) is 6.10 Å². The average molecular weight is 260 g/mol. The fourth-order valence-electron chi connectivity index (χ4n) is 1.75.